The van der Waals surface area contributed by atoms with Gasteiger partial charge in [-0.25, -0.2) is 4.79 Å². The smallest absolute Gasteiger partial charge is 0.317 e. The molecule has 2 atom stereocenters. The number of aliphatic carboxylic acids is 1. The Morgan fingerprint density at radius 3 is 2.36 bits per heavy atom. The molecular formula is C22H27N3O3. The number of carboxylic acids is 1. The van der Waals surface area contributed by atoms with Gasteiger partial charge in [0.25, 0.3) is 0 Å². The van der Waals surface area contributed by atoms with Crippen LogP contribution in [-0.2, 0) is 11.3 Å². The molecule has 1 saturated heterocycles. The number of carbonyl (C=O) groups excluding carboxylic acids is 1. The molecular weight excluding hydrogens is 354 g/mol. The number of carbonyl (C=O) groups is 2. The molecule has 1 aliphatic heterocycles. The third kappa shape index (κ3) is 5.33. The Morgan fingerprint density at radius 2 is 1.71 bits per heavy atom. The topological polar surface area (TPSA) is 72.9 Å². The fourth-order valence-electron chi connectivity index (χ4n) is 3.67. The first-order valence-corrected chi connectivity index (χ1v) is 9.57. The van der Waals surface area contributed by atoms with Gasteiger partial charge in [0.1, 0.15) is 0 Å². The lowest BCUT2D eigenvalue weighted by molar-refractivity contribution is -0.137. The van der Waals surface area contributed by atoms with Crippen LogP contribution in [-0.4, -0.2) is 59.6 Å². The number of nitrogens with one attached hydrogen (secondary N) is 1. The quantitative estimate of drug-likeness (QED) is 0.774. The van der Waals surface area contributed by atoms with Gasteiger partial charge < -0.3 is 15.3 Å². The second-order valence-electron chi connectivity index (χ2n) is 7.32. The summed E-state index contributed by atoms with van der Waals surface area (Å²) in [5.74, 6) is -0.710. The Hall–Kier alpha value is -2.86. The molecule has 1 heterocycles. The molecule has 1 aliphatic rings. The van der Waals surface area contributed by atoms with Crippen LogP contribution in [0.5, 0.6) is 0 Å². The summed E-state index contributed by atoms with van der Waals surface area (Å²) in [7, 11) is 1.63. The third-order valence-corrected chi connectivity index (χ3v) is 5.19. The average Bonchev–Trinajstić information content (AvgIpc) is 3.09. The van der Waals surface area contributed by atoms with E-state index in [0.717, 1.165) is 19.6 Å². The van der Waals surface area contributed by atoms with Crippen molar-refractivity contribution in [2.75, 3.05) is 26.7 Å². The van der Waals surface area contributed by atoms with Crippen molar-refractivity contribution in [3.63, 3.8) is 0 Å². The Morgan fingerprint density at radius 1 is 1.07 bits per heavy atom. The number of hydrogen-bond donors (Lipinski definition) is 2. The van der Waals surface area contributed by atoms with Gasteiger partial charge in [-0.2, -0.15) is 0 Å². The lowest BCUT2D eigenvalue weighted by Gasteiger charge is -2.24. The minimum absolute atomic E-state index is 0.0223. The van der Waals surface area contributed by atoms with Crippen LogP contribution in [0, 0.1) is 0 Å². The molecule has 0 unspecified atom stereocenters. The number of urea groups is 1. The summed E-state index contributed by atoms with van der Waals surface area (Å²) in [6, 6.07) is 20.3. The van der Waals surface area contributed by atoms with Crippen molar-refractivity contribution in [1.29, 1.82) is 0 Å². The van der Waals surface area contributed by atoms with E-state index in [1.807, 2.05) is 36.4 Å². The molecule has 2 aromatic carbocycles. The van der Waals surface area contributed by atoms with Crippen LogP contribution in [0.25, 0.3) is 0 Å². The molecule has 148 valence electrons. The second-order valence-corrected chi connectivity index (χ2v) is 7.32. The van der Waals surface area contributed by atoms with Crippen LogP contribution >= 0.6 is 0 Å². The number of hydrogen-bond acceptors (Lipinski definition) is 3. The van der Waals surface area contributed by atoms with E-state index in [1.54, 1.807) is 7.05 Å². The molecule has 0 spiro atoms. The molecule has 2 N–H and O–H groups in total. The molecule has 6 heteroatoms. The molecule has 2 aromatic rings. The van der Waals surface area contributed by atoms with E-state index in [1.165, 1.54) is 16.0 Å². The minimum atomic E-state index is -0.906. The second kappa shape index (κ2) is 9.37. The lowest BCUT2D eigenvalue weighted by Crippen LogP contribution is -2.46. The van der Waals surface area contributed by atoms with Gasteiger partial charge in [0.15, 0.2) is 0 Å². The van der Waals surface area contributed by atoms with E-state index in [0.29, 0.717) is 0 Å². The molecule has 1 fully saturated rings. The minimum Gasteiger partial charge on any atom is -0.481 e. The summed E-state index contributed by atoms with van der Waals surface area (Å²) in [6.07, 6.45) is -0.0587. The van der Waals surface area contributed by atoms with Crippen LogP contribution in [0.1, 0.15) is 23.5 Å². The van der Waals surface area contributed by atoms with Gasteiger partial charge in [-0.05, 0) is 11.1 Å². The first-order valence-electron chi connectivity index (χ1n) is 9.57. The predicted octanol–water partition coefficient (Wildman–Crippen LogP) is 2.77. The summed E-state index contributed by atoms with van der Waals surface area (Å²) in [5, 5.41) is 11.9. The van der Waals surface area contributed by atoms with Gasteiger partial charge in [0, 0.05) is 39.1 Å². The maximum Gasteiger partial charge on any atom is 0.317 e. The third-order valence-electron chi connectivity index (χ3n) is 5.19. The first kappa shape index (κ1) is 19.9. The normalized spacial score (nSPS) is 19.3. The van der Waals surface area contributed by atoms with Crippen molar-refractivity contribution in [2.24, 2.45) is 0 Å². The SMILES string of the molecule is CN(CCC(=O)O)C(=O)N[C@@H]1CN(Cc2ccccc2)C[C@H]1c1ccccc1. The van der Waals surface area contributed by atoms with Crippen molar-refractivity contribution in [3.05, 3.63) is 71.8 Å². The molecule has 2 amide bonds. The van der Waals surface area contributed by atoms with Crippen molar-refractivity contribution >= 4 is 12.0 Å². The maximum atomic E-state index is 12.6. The van der Waals surface area contributed by atoms with Crippen LogP contribution in [0.4, 0.5) is 4.79 Å². The van der Waals surface area contributed by atoms with Crippen molar-refractivity contribution in [2.45, 2.75) is 24.9 Å². The van der Waals surface area contributed by atoms with Crippen molar-refractivity contribution in [1.82, 2.24) is 15.1 Å². The van der Waals surface area contributed by atoms with Crippen LogP contribution in [0.2, 0.25) is 0 Å². The number of benzene rings is 2. The Bertz CT molecular complexity index is 782. The van der Waals surface area contributed by atoms with Gasteiger partial charge in [0.2, 0.25) is 0 Å². The number of nitrogens with zero attached hydrogens (tertiary/aromatic N) is 2. The standard InChI is InChI=1S/C22H27N3O3/c1-24(13-12-21(26)27)22(28)23-20-16-25(14-17-8-4-2-5-9-17)15-19(20)18-10-6-3-7-11-18/h2-11,19-20H,12-16H2,1H3,(H,23,28)(H,26,27)/t19-,20+/m0/s1. The first-order chi connectivity index (χ1) is 13.5. The zero-order valence-corrected chi connectivity index (χ0v) is 16.1. The molecule has 28 heavy (non-hydrogen) atoms. The molecule has 0 bridgehead atoms. The Labute approximate surface area is 165 Å². The van der Waals surface area contributed by atoms with E-state index in [9.17, 15) is 9.59 Å². The Kier molecular flexibility index (Phi) is 6.66. The summed E-state index contributed by atoms with van der Waals surface area (Å²) in [4.78, 5) is 27.1. The highest BCUT2D eigenvalue weighted by Crippen LogP contribution is 2.28. The number of carboxylic acid groups (broad SMARTS) is 1. The molecule has 6 nitrogen and oxygen atoms in total. The summed E-state index contributed by atoms with van der Waals surface area (Å²) < 4.78 is 0. The van der Waals surface area contributed by atoms with E-state index in [-0.39, 0.29) is 31.0 Å². The van der Waals surface area contributed by atoms with Gasteiger partial charge in [0.05, 0.1) is 12.5 Å². The number of amides is 2. The van der Waals surface area contributed by atoms with E-state index in [2.05, 4.69) is 34.5 Å². The fraction of sp³-hybridized carbons (Fsp3) is 0.364. The fourth-order valence-corrected chi connectivity index (χ4v) is 3.67. The monoisotopic (exact) mass is 381 g/mol. The van der Waals surface area contributed by atoms with Gasteiger partial charge in [-0.3, -0.25) is 9.69 Å². The average molecular weight is 381 g/mol. The van der Waals surface area contributed by atoms with Crippen molar-refractivity contribution in [3.8, 4) is 0 Å². The van der Waals surface area contributed by atoms with Gasteiger partial charge >= 0.3 is 12.0 Å². The van der Waals surface area contributed by atoms with E-state index in [4.69, 9.17) is 5.11 Å². The number of rotatable bonds is 7. The van der Waals surface area contributed by atoms with E-state index >= 15 is 0 Å². The summed E-state index contributed by atoms with van der Waals surface area (Å²) >= 11 is 0. The highest BCUT2D eigenvalue weighted by molar-refractivity contribution is 5.75. The molecule has 0 aromatic heterocycles. The van der Waals surface area contributed by atoms with Gasteiger partial charge in [-0.15, -0.1) is 0 Å². The summed E-state index contributed by atoms with van der Waals surface area (Å²) in [5.41, 5.74) is 2.46. The molecule has 0 aliphatic carbocycles. The van der Waals surface area contributed by atoms with E-state index < -0.39 is 5.97 Å². The lowest BCUT2D eigenvalue weighted by atomic mass is 9.94. The summed E-state index contributed by atoms with van der Waals surface area (Å²) in [6.45, 7) is 2.65. The zero-order chi connectivity index (χ0) is 19.9. The zero-order valence-electron chi connectivity index (χ0n) is 16.1. The van der Waals surface area contributed by atoms with Gasteiger partial charge in [-0.1, -0.05) is 60.7 Å². The number of likely N-dealkylation sites (tertiary alicyclic amines) is 1. The van der Waals surface area contributed by atoms with Crippen LogP contribution in [0.3, 0.4) is 0 Å². The molecule has 0 radical (unpaired) electrons. The predicted molar refractivity (Wildman–Crippen MR) is 108 cm³/mol. The molecule has 3 rings (SSSR count). The molecule has 0 saturated carbocycles. The Balaban J connectivity index is 1.68. The maximum absolute atomic E-state index is 12.6. The van der Waals surface area contributed by atoms with Crippen LogP contribution < -0.4 is 5.32 Å². The largest absolute Gasteiger partial charge is 0.481 e. The highest BCUT2D eigenvalue weighted by Gasteiger charge is 2.35. The van der Waals surface area contributed by atoms with Crippen molar-refractivity contribution < 1.29 is 14.7 Å². The highest BCUT2D eigenvalue weighted by atomic mass is 16.4. The van der Waals surface area contributed by atoms with Crippen LogP contribution in [0.15, 0.2) is 60.7 Å².